The number of thiophene rings is 1. The molecule has 0 unspecified atom stereocenters. The summed E-state index contributed by atoms with van der Waals surface area (Å²) >= 11 is 1.35. The Balaban J connectivity index is 1.82. The molecule has 1 saturated heterocycles. The van der Waals surface area contributed by atoms with Gasteiger partial charge in [0.05, 0.1) is 12.1 Å². The van der Waals surface area contributed by atoms with Crippen molar-refractivity contribution < 1.29 is 9.59 Å². The van der Waals surface area contributed by atoms with Gasteiger partial charge in [-0.3, -0.25) is 9.69 Å². The van der Waals surface area contributed by atoms with E-state index in [0.717, 1.165) is 32.2 Å². The van der Waals surface area contributed by atoms with Gasteiger partial charge in [0.1, 0.15) is 17.4 Å². The van der Waals surface area contributed by atoms with Crippen LogP contribution < -0.4 is 5.32 Å². The molecule has 0 bridgehead atoms. The van der Waals surface area contributed by atoms with Crippen molar-refractivity contribution in [3.05, 3.63) is 17.0 Å². The molecule has 0 atom stereocenters. The van der Waals surface area contributed by atoms with Gasteiger partial charge in [-0.25, -0.2) is 0 Å². The average Bonchev–Trinajstić information content (AvgIpc) is 2.86. The third-order valence-electron chi connectivity index (χ3n) is 3.23. The number of piperidine rings is 1. The van der Waals surface area contributed by atoms with E-state index in [2.05, 4.69) is 5.32 Å². The summed E-state index contributed by atoms with van der Waals surface area (Å²) < 4.78 is 0. The highest BCUT2D eigenvalue weighted by Crippen LogP contribution is 2.22. The number of nitrogens with zero attached hydrogens (tertiary/aromatic N) is 2. The minimum atomic E-state index is -0.108. The SMILES string of the molecule is N#Cc1ccsc1NC(=O)CN1CCC(C=O)CC1. The lowest BCUT2D eigenvalue weighted by Crippen LogP contribution is -2.39. The van der Waals surface area contributed by atoms with E-state index in [-0.39, 0.29) is 11.8 Å². The van der Waals surface area contributed by atoms with E-state index in [1.165, 1.54) is 11.3 Å². The number of anilines is 1. The molecule has 1 aliphatic heterocycles. The topological polar surface area (TPSA) is 73.2 Å². The van der Waals surface area contributed by atoms with Crippen molar-refractivity contribution in [2.24, 2.45) is 5.92 Å². The first-order valence-corrected chi connectivity index (χ1v) is 7.06. The van der Waals surface area contributed by atoms with Crippen molar-refractivity contribution in [1.29, 1.82) is 5.26 Å². The van der Waals surface area contributed by atoms with Crippen LogP contribution >= 0.6 is 11.3 Å². The summed E-state index contributed by atoms with van der Waals surface area (Å²) in [5.41, 5.74) is 0.498. The highest BCUT2D eigenvalue weighted by Gasteiger charge is 2.20. The lowest BCUT2D eigenvalue weighted by Gasteiger charge is -2.28. The van der Waals surface area contributed by atoms with Gasteiger partial charge < -0.3 is 10.1 Å². The summed E-state index contributed by atoms with van der Waals surface area (Å²) in [6.07, 6.45) is 2.64. The Labute approximate surface area is 115 Å². The Kier molecular flexibility index (Phi) is 4.66. The minimum absolute atomic E-state index is 0.108. The Morgan fingerprint density at radius 3 is 2.95 bits per heavy atom. The fourth-order valence-electron chi connectivity index (χ4n) is 2.11. The summed E-state index contributed by atoms with van der Waals surface area (Å²) in [5, 5.41) is 14.0. The maximum Gasteiger partial charge on any atom is 0.239 e. The summed E-state index contributed by atoms with van der Waals surface area (Å²) in [6.45, 7) is 1.85. The summed E-state index contributed by atoms with van der Waals surface area (Å²) in [4.78, 5) is 24.6. The van der Waals surface area contributed by atoms with Gasteiger partial charge in [-0.15, -0.1) is 11.3 Å². The zero-order valence-electron chi connectivity index (χ0n) is 10.5. The van der Waals surface area contributed by atoms with Crippen LogP contribution in [0.1, 0.15) is 18.4 Å². The molecule has 0 saturated carbocycles. The van der Waals surface area contributed by atoms with E-state index in [1.807, 2.05) is 11.0 Å². The monoisotopic (exact) mass is 277 g/mol. The molecule has 6 heteroatoms. The third-order valence-corrected chi connectivity index (χ3v) is 4.06. The van der Waals surface area contributed by atoms with Crippen molar-refractivity contribution in [3.8, 4) is 6.07 Å². The molecule has 1 amide bonds. The summed E-state index contributed by atoms with van der Waals surface area (Å²) in [6, 6.07) is 3.73. The molecule has 0 aliphatic carbocycles. The summed E-state index contributed by atoms with van der Waals surface area (Å²) in [5.74, 6) is 0.0327. The minimum Gasteiger partial charge on any atom is -0.315 e. The van der Waals surface area contributed by atoms with Crippen LogP contribution in [0.5, 0.6) is 0 Å². The van der Waals surface area contributed by atoms with Gasteiger partial charge in [-0.05, 0) is 37.4 Å². The molecule has 1 aromatic rings. The van der Waals surface area contributed by atoms with E-state index in [4.69, 9.17) is 5.26 Å². The van der Waals surface area contributed by atoms with E-state index < -0.39 is 0 Å². The Bertz CT molecular complexity index is 498. The molecule has 5 nitrogen and oxygen atoms in total. The maximum absolute atomic E-state index is 11.9. The number of likely N-dealkylation sites (tertiary alicyclic amines) is 1. The molecule has 19 heavy (non-hydrogen) atoms. The number of hydrogen-bond acceptors (Lipinski definition) is 5. The Morgan fingerprint density at radius 1 is 1.58 bits per heavy atom. The van der Waals surface area contributed by atoms with Gasteiger partial charge in [-0.1, -0.05) is 0 Å². The van der Waals surface area contributed by atoms with Gasteiger partial charge in [0.25, 0.3) is 0 Å². The van der Waals surface area contributed by atoms with Gasteiger partial charge in [0, 0.05) is 5.92 Å². The van der Waals surface area contributed by atoms with Crippen LogP contribution in [0.4, 0.5) is 5.00 Å². The maximum atomic E-state index is 11.9. The second-order valence-electron chi connectivity index (χ2n) is 4.57. The highest BCUT2D eigenvalue weighted by atomic mass is 32.1. The van der Waals surface area contributed by atoms with Crippen LogP contribution in [0.25, 0.3) is 0 Å². The van der Waals surface area contributed by atoms with Crippen molar-refractivity contribution in [2.45, 2.75) is 12.8 Å². The van der Waals surface area contributed by atoms with Gasteiger partial charge in [0.2, 0.25) is 5.91 Å². The molecule has 1 aromatic heterocycles. The van der Waals surface area contributed by atoms with Crippen LogP contribution in [0.2, 0.25) is 0 Å². The van der Waals surface area contributed by atoms with Crippen molar-refractivity contribution in [2.75, 3.05) is 25.0 Å². The van der Waals surface area contributed by atoms with Crippen LogP contribution in [0.3, 0.4) is 0 Å². The molecule has 100 valence electrons. The molecule has 2 heterocycles. The van der Waals surface area contributed by atoms with Crippen molar-refractivity contribution in [1.82, 2.24) is 4.90 Å². The third kappa shape index (κ3) is 3.63. The number of nitrogens with one attached hydrogen (secondary N) is 1. The molecule has 1 aliphatic rings. The number of carbonyl (C=O) groups is 2. The molecular formula is C13H15N3O2S. The van der Waals surface area contributed by atoms with E-state index in [1.54, 1.807) is 11.4 Å². The first-order chi connectivity index (χ1) is 9.22. The predicted molar refractivity (Wildman–Crippen MR) is 72.9 cm³/mol. The van der Waals surface area contributed by atoms with E-state index in [0.29, 0.717) is 17.1 Å². The normalized spacial score (nSPS) is 16.8. The Hall–Kier alpha value is -1.71. The molecule has 1 N–H and O–H groups in total. The van der Waals surface area contributed by atoms with Gasteiger partial charge in [-0.2, -0.15) is 5.26 Å². The van der Waals surface area contributed by atoms with E-state index in [9.17, 15) is 9.59 Å². The zero-order valence-corrected chi connectivity index (χ0v) is 11.3. The number of hydrogen-bond donors (Lipinski definition) is 1. The highest BCUT2D eigenvalue weighted by molar-refractivity contribution is 7.14. The molecule has 0 spiro atoms. The molecule has 2 rings (SSSR count). The van der Waals surface area contributed by atoms with Crippen LogP contribution in [0, 0.1) is 17.2 Å². The zero-order chi connectivity index (χ0) is 13.7. The fourth-order valence-corrected chi connectivity index (χ4v) is 2.86. The number of amides is 1. The first kappa shape index (κ1) is 13.7. The van der Waals surface area contributed by atoms with Crippen LogP contribution in [0.15, 0.2) is 11.4 Å². The molecule has 0 aromatic carbocycles. The number of rotatable bonds is 4. The van der Waals surface area contributed by atoms with Crippen molar-refractivity contribution in [3.63, 3.8) is 0 Å². The fraction of sp³-hybridized carbons (Fsp3) is 0.462. The number of carbonyl (C=O) groups excluding carboxylic acids is 2. The number of aldehydes is 1. The molecular weight excluding hydrogens is 262 g/mol. The van der Waals surface area contributed by atoms with E-state index >= 15 is 0 Å². The Morgan fingerprint density at radius 2 is 2.32 bits per heavy atom. The average molecular weight is 277 g/mol. The van der Waals surface area contributed by atoms with Crippen LogP contribution in [-0.2, 0) is 9.59 Å². The first-order valence-electron chi connectivity index (χ1n) is 6.18. The molecule has 1 fully saturated rings. The molecule has 0 radical (unpaired) electrons. The second-order valence-corrected chi connectivity index (χ2v) is 5.49. The quantitative estimate of drug-likeness (QED) is 0.846. The second kappa shape index (κ2) is 6.45. The lowest BCUT2D eigenvalue weighted by atomic mass is 9.99. The predicted octanol–water partition coefficient (Wildman–Crippen LogP) is 1.47. The standard InChI is InChI=1S/C13H15N3O2S/c14-7-11-3-6-19-13(11)15-12(18)8-16-4-1-10(9-17)2-5-16/h3,6,9-10H,1-2,4-5,8H2,(H,15,18). The van der Waals surface area contributed by atoms with Crippen molar-refractivity contribution >= 4 is 28.5 Å². The van der Waals surface area contributed by atoms with Gasteiger partial charge >= 0.3 is 0 Å². The largest absolute Gasteiger partial charge is 0.315 e. The smallest absolute Gasteiger partial charge is 0.239 e. The van der Waals surface area contributed by atoms with Gasteiger partial charge in [0.15, 0.2) is 0 Å². The number of nitriles is 1. The summed E-state index contributed by atoms with van der Waals surface area (Å²) in [7, 11) is 0. The lowest BCUT2D eigenvalue weighted by molar-refractivity contribution is -0.117. The van der Waals surface area contributed by atoms with Crippen LogP contribution in [-0.4, -0.2) is 36.7 Å².